The molecule has 0 saturated carbocycles. The van der Waals surface area contributed by atoms with Crippen LogP contribution in [0, 0.1) is 0 Å². The highest BCUT2D eigenvalue weighted by molar-refractivity contribution is 6.08. The summed E-state index contributed by atoms with van der Waals surface area (Å²) in [6, 6.07) is 5.09. The molecule has 1 heterocycles. The molecule has 0 unspecified atom stereocenters. The number of nitrogens with zero attached hydrogens (tertiary/aromatic N) is 2. The number of hydrogen-bond donors (Lipinski definition) is 3. The number of nitrogens with two attached hydrogens (primary N) is 2. The summed E-state index contributed by atoms with van der Waals surface area (Å²) >= 11 is 0. The second kappa shape index (κ2) is 6.58. The molecule has 2 amide bonds. The molecule has 7 heteroatoms. The highest BCUT2D eigenvalue weighted by Gasteiger charge is 2.16. The molecule has 0 fully saturated rings. The van der Waals surface area contributed by atoms with Crippen LogP contribution in [0.1, 0.15) is 26.4 Å². The van der Waals surface area contributed by atoms with E-state index in [1.807, 2.05) is 0 Å². The Labute approximate surface area is 121 Å². The maximum absolute atomic E-state index is 12.1. The fourth-order valence-electron chi connectivity index (χ4n) is 1.96. The second-order valence-corrected chi connectivity index (χ2v) is 4.29. The molecule has 0 aliphatic rings. The normalized spacial score (nSPS) is 10.1. The van der Waals surface area contributed by atoms with Crippen LogP contribution in [0.15, 0.2) is 36.8 Å². The van der Waals surface area contributed by atoms with E-state index in [0.29, 0.717) is 24.2 Å². The van der Waals surface area contributed by atoms with Gasteiger partial charge in [0.1, 0.15) is 5.69 Å². The van der Waals surface area contributed by atoms with Gasteiger partial charge in [-0.25, -0.2) is 4.98 Å². The zero-order chi connectivity index (χ0) is 15.2. The molecule has 1 aromatic heterocycles. The molecule has 108 valence electrons. The van der Waals surface area contributed by atoms with Gasteiger partial charge in [0.05, 0.1) is 17.4 Å². The van der Waals surface area contributed by atoms with Gasteiger partial charge in [-0.2, -0.15) is 0 Å². The summed E-state index contributed by atoms with van der Waals surface area (Å²) in [6.45, 7) is 0.377. The molecule has 5 N–H and O–H groups in total. The van der Waals surface area contributed by atoms with Gasteiger partial charge in [-0.1, -0.05) is 12.1 Å². The van der Waals surface area contributed by atoms with Crippen molar-refractivity contribution in [2.75, 3.05) is 11.9 Å². The fraction of sp³-hybridized carbons (Fsp3) is 0.143. The first-order chi connectivity index (χ1) is 10.1. The van der Waals surface area contributed by atoms with Crippen molar-refractivity contribution in [1.82, 2.24) is 9.97 Å². The van der Waals surface area contributed by atoms with Crippen LogP contribution >= 0.6 is 0 Å². The number of carbonyl (C=O) groups excluding carboxylic acids is 2. The van der Waals surface area contributed by atoms with Gasteiger partial charge in [0.15, 0.2) is 0 Å². The minimum absolute atomic E-state index is 0.150. The number of anilines is 1. The molecule has 0 aliphatic heterocycles. The Morgan fingerprint density at radius 2 is 2.05 bits per heavy atom. The van der Waals surface area contributed by atoms with Gasteiger partial charge in [-0.3, -0.25) is 14.6 Å². The van der Waals surface area contributed by atoms with Crippen LogP contribution in [0.2, 0.25) is 0 Å². The SMILES string of the molecule is NCCc1cccc(NC(=O)c2cnccn2)c1C(N)=O. The third-order valence-electron chi connectivity index (χ3n) is 2.85. The lowest BCUT2D eigenvalue weighted by Crippen LogP contribution is -2.21. The van der Waals surface area contributed by atoms with Gasteiger partial charge in [0.25, 0.3) is 11.8 Å². The molecule has 0 atom stereocenters. The van der Waals surface area contributed by atoms with Crippen molar-refractivity contribution >= 4 is 17.5 Å². The van der Waals surface area contributed by atoms with E-state index in [-0.39, 0.29) is 11.3 Å². The van der Waals surface area contributed by atoms with Gasteiger partial charge in [-0.15, -0.1) is 0 Å². The van der Waals surface area contributed by atoms with E-state index >= 15 is 0 Å². The molecule has 1 aromatic carbocycles. The summed E-state index contributed by atoms with van der Waals surface area (Å²) in [6.07, 6.45) is 4.71. The highest BCUT2D eigenvalue weighted by Crippen LogP contribution is 2.20. The van der Waals surface area contributed by atoms with Crippen LogP contribution in [-0.2, 0) is 6.42 Å². The first-order valence-electron chi connectivity index (χ1n) is 6.32. The van der Waals surface area contributed by atoms with Crippen LogP contribution in [0.25, 0.3) is 0 Å². The Morgan fingerprint density at radius 1 is 1.24 bits per heavy atom. The quantitative estimate of drug-likeness (QED) is 0.730. The summed E-state index contributed by atoms with van der Waals surface area (Å²) in [5.41, 5.74) is 12.4. The predicted octanol–water partition coefficient (Wildman–Crippen LogP) is 0.329. The molecule has 0 bridgehead atoms. The molecule has 21 heavy (non-hydrogen) atoms. The minimum atomic E-state index is -0.617. The van der Waals surface area contributed by atoms with Crippen LogP contribution < -0.4 is 16.8 Å². The molecular formula is C14H15N5O2. The lowest BCUT2D eigenvalue weighted by Gasteiger charge is -2.12. The van der Waals surface area contributed by atoms with E-state index < -0.39 is 11.8 Å². The number of rotatable bonds is 5. The lowest BCUT2D eigenvalue weighted by molar-refractivity contribution is 0.100. The average molecular weight is 285 g/mol. The monoisotopic (exact) mass is 285 g/mol. The maximum Gasteiger partial charge on any atom is 0.275 e. The Hall–Kier alpha value is -2.80. The summed E-state index contributed by atoms with van der Waals surface area (Å²) in [4.78, 5) is 31.4. The number of aromatic nitrogens is 2. The molecule has 2 aromatic rings. The maximum atomic E-state index is 12.1. The largest absolute Gasteiger partial charge is 0.366 e. The number of carbonyl (C=O) groups is 2. The van der Waals surface area contributed by atoms with E-state index in [2.05, 4.69) is 15.3 Å². The average Bonchev–Trinajstić information content (AvgIpc) is 2.48. The summed E-state index contributed by atoms with van der Waals surface area (Å²) in [5, 5.41) is 2.62. The third kappa shape index (κ3) is 3.40. The van der Waals surface area contributed by atoms with E-state index in [0.717, 1.165) is 0 Å². The molecule has 0 radical (unpaired) electrons. The molecule has 0 aliphatic carbocycles. The van der Waals surface area contributed by atoms with E-state index in [4.69, 9.17) is 11.5 Å². The van der Waals surface area contributed by atoms with Gasteiger partial charge >= 0.3 is 0 Å². The molecule has 7 nitrogen and oxygen atoms in total. The summed E-state index contributed by atoms with van der Waals surface area (Å²) < 4.78 is 0. The second-order valence-electron chi connectivity index (χ2n) is 4.29. The van der Waals surface area contributed by atoms with Crippen LogP contribution in [0.4, 0.5) is 5.69 Å². The van der Waals surface area contributed by atoms with Crippen LogP contribution in [-0.4, -0.2) is 28.3 Å². The number of hydrogen-bond acceptors (Lipinski definition) is 5. The number of nitrogens with one attached hydrogen (secondary N) is 1. The standard InChI is InChI=1S/C14H15N5O2/c15-5-4-9-2-1-3-10(12(9)13(16)20)19-14(21)11-8-17-6-7-18-11/h1-3,6-8H,4-5,15H2,(H2,16,20)(H,19,21). The topological polar surface area (TPSA) is 124 Å². The minimum Gasteiger partial charge on any atom is -0.366 e. The van der Waals surface area contributed by atoms with Gasteiger partial charge in [-0.05, 0) is 24.6 Å². The van der Waals surface area contributed by atoms with Crippen LogP contribution in [0.3, 0.4) is 0 Å². The predicted molar refractivity (Wildman–Crippen MR) is 77.7 cm³/mol. The Bertz CT molecular complexity index is 658. The Kier molecular flexibility index (Phi) is 4.57. The Balaban J connectivity index is 2.33. The first kappa shape index (κ1) is 14.6. The van der Waals surface area contributed by atoms with Crippen molar-refractivity contribution in [3.8, 4) is 0 Å². The van der Waals surface area contributed by atoms with E-state index in [9.17, 15) is 9.59 Å². The fourth-order valence-corrected chi connectivity index (χ4v) is 1.96. The summed E-state index contributed by atoms with van der Waals surface area (Å²) in [7, 11) is 0. The van der Waals surface area contributed by atoms with Gasteiger partial charge in [0.2, 0.25) is 0 Å². The van der Waals surface area contributed by atoms with E-state index in [1.165, 1.54) is 18.6 Å². The Morgan fingerprint density at radius 3 is 2.67 bits per heavy atom. The van der Waals surface area contributed by atoms with Gasteiger partial charge < -0.3 is 16.8 Å². The summed E-state index contributed by atoms with van der Waals surface area (Å²) in [5.74, 6) is -1.08. The van der Waals surface area contributed by atoms with Crippen molar-refractivity contribution in [2.24, 2.45) is 11.5 Å². The van der Waals surface area contributed by atoms with Crippen LogP contribution in [0.5, 0.6) is 0 Å². The van der Waals surface area contributed by atoms with Gasteiger partial charge in [0, 0.05) is 12.4 Å². The van der Waals surface area contributed by atoms with E-state index in [1.54, 1.807) is 18.2 Å². The number of benzene rings is 1. The van der Waals surface area contributed by atoms with Crippen molar-refractivity contribution in [2.45, 2.75) is 6.42 Å². The zero-order valence-corrected chi connectivity index (χ0v) is 11.2. The lowest BCUT2D eigenvalue weighted by atomic mass is 10.0. The molecule has 0 spiro atoms. The number of amides is 2. The van der Waals surface area contributed by atoms with Crippen molar-refractivity contribution < 1.29 is 9.59 Å². The smallest absolute Gasteiger partial charge is 0.275 e. The first-order valence-corrected chi connectivity index (χ1v) is 6.32. The van der Waals surface area contributed by atoms with Crippen molar-refractivity contribution in [3.05, 3.63) is 53.6 Å². The van der Waals surface area contributed by atoms with Crippen molar-refractivity contribution in [3.63, 3.8) is 0 Å². The molecule has 2 rings (SSSR count). The van der Waals surface area contributed by atoms with Crippen molar-refractivity contribution in [1.29, 1.82) is 0 Å². The third-order valence-corrected chi connectivity index (χ3v) is 2.85. The highest BCUT2D eigenvalue weighted by atomic mass is 16.2. The molecule has 0 saturated heterocycles. The zero-order valence-electron chi connectivity index (χ0n) is 11.2. The number of primary amides is 1. The molecular weight excluding hydrogens is 270 g/mol.